The van der Waals surface area contributed by atoms with E-state index in [1.54, 1.807) is 30.9 Å². The average molecular weight is 594 g/mol. The lowest BCUT2D eigenvalue weighted by Crippen LogP contribution is -2.57. The maximum atomic E-state index is 14.2. The predicted octanol–water partition coefficient (Wildman–Crippen LogP) is 7.64. The van der Waals surface area contributed by atoms with Gasteiger partial charge in [-0.2, -0.15) is 13.2 Å². The Balaban J connectivity index is 1.71. The number of hydrogen-bond donors (Lipinski definition) is 2. The molecule has 2 heterocycles. The number of aromatic nitrogens is 1. The Kier molecular flexibility index (Phi) is 8.96. The largest absolute Gasteiger partial charge is 0.481 e. The molecule has 0 atom stereocenters. The average Bonchev–Trinajstić information content (AvgIpc) is 3.17. The van der Waals surface area contributed by atoms with Gasteiger partial charge in [0.05, 0.1) is 16.5 Å². The standard InChI is InChI=1S/C31H42F3N3O3S/c1-19-23(27(38)36-17-22(18-36)30(5,6)28(39)40)15-25(37(19)16-20-10-8-7-9-11-20)21-12-13-26(41-35-29(2,3)4)24(14-21)31(32,33)34/h12-15,20,22,35H,7-11,16-18H2,1-6H3,(H,39,40). The molecule has 2 aliphatic rings. The van der Waals surface area contributed by atoms with Gasteiger partial charge in [-0.1, -0.05) is 25.3 Å². The molecule has 6 nitrogen and oxygen atoms in total. The molecule has 1 saturated heterocycles. The molecule has 0 bridgehead atoms. The van der Waals surface area contributed by atoms with Crippen molar-refractivity contribution in [2.24, 2.45) is 17.3 Å². The Morgan fingerprint density at radius 2 is 1.66 bits per heavy atom. The quantitative estimate of drug-likeness (QED) is 0.308. The molecule has 2 aromatic rings. The number of carboxylic acids is 1. The zero-order chi connectivity index (χ0) is 30.3. The SMILES string of the molecule is Cc1c(C(=O)N2CC(C(C)(C)C(=O)O)C2)cc(-c2ccc(SNC(C)(C)C)c(C(F)(F)F)c2)n1CC1CCCCC1. The summed E-state index contributed by atoms with van der Waals surface area (Å²) in [6.45, 7) is 12.2. The van der Waals surface area contributed by atoms with Gasteiger partial charge in [0.2, 0.25) is 0 Å². The molecule has 0 radical (unpaired) electrons. The number of hydrogen-bond acceptors (Lipinski definition) is 4. The molecule has 10 heteroatoms. The van der Waals surface area contributed by atoms with Crippen molar-refractivity contribution in [2.45, 2.75) is 96.8 Å². The van der Waals surface area contributed by atoms with Crippen LogP contribution >= 0.6 is 11.9 Å². The second-order valence-corrected chi connectivity index (χ2v) is 14.1. The van der Waals surface area contributed by atoms with E-state index in [4.69, 9.17) is 0 Å². The van der Waals surface area contributed by atoms with Crippen molar-refractivity contribution in [3.05, 3.63) is 41.1 Å². The van der Waals surface area contributed by atoms with Gasteiger partial charge in [-0.25, -0.2) is 0 Å². The highest BCUT2D eigenvalue weighted by Gasteiger charge is 2.46. The second-order valence-electron chi connectivity index (χ2n) is 13.2. The van der Waals surface area contributed by atoms with Crippen molar-refractivity contribution < 1.29 is 27.9 Å². The van der Waals surface area contributed by atoms with E-state index in [-0.39, 0.29) is 22.3 Å². The topological polar surface area (TPSA) is 74.6 Å². The van der Waals surface area contributed by atoms with Gasteiger partial charge in [-0.05, 0) is 96.0 Å². The summed E-state index contributed by atoms with van der Waals surface area (Å²) in [4.78, 5) is 27.0. The summed E-state index contributed by atoms with van der Waals surface area (Å²) in [5.41, 5.74) is 0.187. The highest BCUT2D eigenvalue weighted by molar-refractivity contribution is 7.97. The Morgan fingerprint density at radius 3 is 2.22 bits per heavy atom. The molecule has 1 aliphatic carbocycles. The third-order valence-corrected chi connectivity index (χ3v) is 9.84. The Labute approximate surface area is 245 Å². The number of carboxylic acid groups (broad SMARTS) is 1. The van der Waals surface area contributed by atoms with Crippen molar-refractivity contribution in [3.8, 4) is 11.3 Å². The first kappa shape index (κ1) is 31.5. The van der Waals surface area contributed by atoms with Crippen LogP contribution in [0.5, 0.6) is 0 Å². The van der Waals surface area contributed by atoms with Crippen molar-refractivity contribution in [1.82, 2.24) is 14.2 Å². The van der Waals surface area contributed by atoms with Gasteiger partial charge < -0.3 is 14.6 Å². The number of alkyl halides is 3. The molecule has 1 aliphatic heterocycles. The van der Waals surface area contributed by atoms with Gasteiger partial charge in [0.1, 0.15) is 0 Å². The summed E-state index contributed by atoms with van der Waals surface area (Å²) in [7, 11) is 0. The fourth-order valence-electron chi connectivity index (χ4n) is 5.62. The van der Waals surface area contributed by atoms with Crippen LogP contribution in [0.1, 0.15) is 88.3 Å². The van der Waals surface area contributed by atoms with Crippen molar-refractivity contribution in [2.75, 3.05) is 13.1 Å². The fourth-order valence-corrected chi connectivity index (χ4v) is 6.45. The number of benzene rings is 1. The summed E-state index contributed by atoms with van der Waals surface area (Å²) in [5, 5.41) is 9.56. The highest BCUT2D eigenvalue weighted by Crippen LogP contribution is 2.41. The minimum atomic E-state index is -4.55. The van der Waals surface area contributed by atoms with E-state index in [9.17, 15) is 27.9 Å². The van der Waals surface area contributed by atoms with Crippen LogP contribution in [-0.4, -0.2) is 45.1 Å². The number of rotatable bonds is 8. The van der Waals surface area contributed by atoms with Gasteiger partial charge in [-0.15, -0.1) is 0 Å². The van der Waals surface area contributed by atoms with Gasteiger partial charge in [0, 0.05) is 47.4 Å². The maximum Gasteiger partial charge on any atom is 0.417 e. The molecule has 1 amide bonds. The first-order chi connectivity index (χ1) is 19.0. The van der Waals surface area contributed by atoms with Crippen LogP contribution in [0, 0.1) is 24.2 Å². The number of amides is 1. The minimum absolute atomic E-state index is 0.0993. The summed E-state index contributed by atoms with van der Waals surface area (Å²) in [6, 6.07) is 6.13. The number of nitrogens with one attached hydrogen (secondary N) is 1. The third kappa shape index (κ3) is 6.96. The predicted molar refractivity (Wildman–Crippen MR) is 156 cm³/mol. The van der Waals surface area contributed by atoms with E-state index in [1.165, 1.54) is 18.6 Å². The van der Waals surface area contributed by atoms with E-state index in [2.05, 4.69) is 4.72 Å². The molecule has 4 rings (SSSR count). The number of halogens is 3. The molecule has 1 aromatic heterocycles. The number of aliphatic carboxylic acids is 1. The third-order valence-electron chi connectivity index (χ3n) is 8.55. The van der Waals surface area contributed by atoms with Crippen LogP contribution in [0.25, 0.3) is 11.3 Å². The molecule has 0 unspecified atom stereocenters. The number of carbonyl (C=O) groups excluding carboxylic acids is 1. The first-order valence-electron chi connectivity index (χ1n) is 14.4. The van der Waals surface area contributed by atoms with E-state index < -0.39 is 23.1 Å². The first-order valence-corrected chi connectivity index (χ1v) is 15.2. The molecule has 2 fully saturated rings. The summed E-state index contributed by atoms with van der Waals surface area (Å²) >= 11 is 0.970. The lowest BCUT2D eigenvalue weighted by atomic mass is 9.74. The fraction of sp³-hybridized carbons (Fsp3) is 0.613. The molecule has 41 heavy (non-hydrogen) atoms. The molecule has 226 valence electrons. The normalized spacial score (nSPS) is 17.5. The number of likely N-dealkylation sites (tertiary alicyclic amines) is 1. The Hall–Kier alpha value is -2.46. The summed E-state index contributed by atoms with van der Waals surface area (Å²) in [6.07, 6.45) is 1.02. The van der Waals surface area contributed by atoms with Gasteiger partial charge in [0.25, 0.3) is 5.91 Å². The number of nitrogens with zero attached hydrogens (tertiary/aromatic N) is 2. The molecule has 0 spiro atoms. The Morgan fingerprint density at radius 1 is 1.02 bits per heavy atom. The van der Waals surface area contributed by atoms with Crippen LogP contribution in [-0.2, 0) is 17.5 Å². The number of carbonyl (C=O) groups is 2. The van der Waals surface area contributed by atoms with E-state index in [0.29, 0.717) is 42.4 Å². The van der Waals surface area contributed by atoms with Crippen LogP contribution in [0.4, 0.5) is 13.2 Å². The van der Waals surface area contributed by atoms with E-state index >= 15 is 0 Å². The van der Waals surface area contributed by atoms with Crippen LogP contribution in [0.2, 0.25) is 0 Å². The molecule has 1 saturated carbocycles. The zero-order valence-corrected chi connectivity index (χ0v) is 25.6. The highest BCUT2D eigenvalue weighted by atomic mass is 32.2. The molecule has 1 aromatic carbocycles. The summed E-state index contributed by atoms with van der Waals surface area (Å²) < 4.78 is 47.8. The monoisotopic (exact) mass is 593 g/mol. The summed E-state index contributed by atoms with van der Waals surface area (Å²) in [5.74, 6) is -0.865. The van der Waals surface area contributed by atoms with Crippen LogP contribution in [0.15, 0.2) is 29.2 Å². The van der Waals surface area contributed by atoms with Gasteiger partial charge in [-0.3, -0.25) is 14.3 Å². The van der Waals surface area contributed by atoms with Crippen LogP contribution in [0.3, 0.4) is 0 Å². The van der Waals surface area contributed by atoms with Crippen LogP contribution < -0.4 is 4.72 Å². The smallest absolute Gasteiger partial charge is 0.417 e. The second kappa shape index (κ2) is 11.7. The van der Waals surface area contributed by atoms with Gasteiger partial charge >= 0.3 is 12.1 Å². The lowest BCUT2D eigenvalue weighted by molar-refractivity contribution is -0.153. The van der Waals surface area contributed by atoms with Crippen molar-refractivity contribution in [1.29, 1.82) is 0 Å². The molecular formula is C31H42F3N3O3S. The van der Waals surface area contributed by atoms with E-state index in [0.717, 1.165) is 43.3 Å². The van der Waals surface area contributed by atoms with Crippen molar-refractivity contribution >= 4 is 23.8 Å². The zero-order valence-electron chi connectivity index (χ0n) is 24.8. The molecular weight excluding hydrogens is 551 g/mol. The minimum Gasteiger partial charge on any atom is -0.481 e. The molecule has 2 N–H and O–H groups in total. The van der Waals surface area contributed by atoms with Gasteiger partial charge in [0.15, 0.2) is 0 Å². The van der Waals surface area contributed by atoms with Crippen molar-refractivity contribution in [3.63, 3.8) is 0 Å². The lowest BCUT2D eigenvalue weighted by Gasteiger charge is -2.45. The Bertz CT molecular complexity index is 1280. The maximum absolute atomic E-state index is 14.2. The van der Waals surface area contributed by atoms with E-state index in [1.807, 2.05) is 32.3 Å².